The van der Waals surface area contributed by atoms with Gasteiger partial charge in [-0.3, -0.25) is 0 Å². The fourth-order valence-corrected chi connectivity index (χ4v) is 2.07. The number of likely N-dealkylation sites (N-methyl/N-ethyl adjacent to an activating group) is 1. The maximum absolute atomic E-state index is 9.81. The lowest BCUT2D eigenvalue weighted by Crippen LogP contribution is -2.25. The van der Waals surface area contributed by atoms with E-state index in [0.29, 0.717) is 6.54 Å². The first kappa shape index (κ1) is 13.3. The van der Waals surface area contributed by atoms with Crippen molar-refractivity contribution in [1.82, 2.24) is 5.32 Å². The molecule has 1 fully saturated rings. The molecule has 2 rings (SSSR count). The lowest BCUT2D eigenvalue weighted by molar-refractivity contribution is 0.0255. The summed E-state index contributed by atoms with van der Waals surface area (Å²) in [5.74, 6) is 0.863. The summed E-state index contributed by atoms with van der Waals surface area (Å²) < 4.78 is 11.2. The van der Waals surface area contributed by atoms with Gasteiger partial charge in [0.05, 0.1) is 19.3 Å². The number of rotatable bonds is 5. The van der Waals surface area contributed by atoms with Crippen LogP contribution in [0.25, 0.3) is 0 Å². The van der Waals surface area contributed by atoms with Crippen molar-refractivity contribution in [3.63, 3.8) is 0 Å². The molecule has 1 aromatic rings. The number of benzene rings is 1. The summed E-state index contributed by atoms with van der Waals surface area (Å²) in [5, 5.41) is 12.8. The SMILES string of the molecule is CNCC(O)c1ccc(OC2CCOCC2)cc1. The van der Waals surface area contributed by atoms with Crippen molar-refractivity contribution in [3.8, 4) is 5.75 Å². The molecule has 0 amide bonds. The maximum atomic E-state index is 9.81. The lowest BCUT2D eigenvalue weighted by Gasteiger charge is -2.23. The number of hydrogen-bond donors (Lipinski definition) is 2. The average Bonchev–Trinajstić information content (AvgIpc) is 2.41. The van der Waals surface area contributed by atoms with E-state index < -0.39 is 6.10 Å². The minimum Gasteiger partial charge on any atom is -0.490 e. The molecule has 1 heterocycles. The number of hydrogen-bond acceptors (Lipinski definition) is 4. The van der Waals surface area contributed by atoms with Gasteiger partial charge >= 0.3 is 0 Å². The number of aliphatic hydroxyl groups is 1. The van der Waals surface area contributed by atoms with Gasteiger partial charge in [-0.25, -0.2) is 0 Å². The lowest BCUT2D eigenvalue weighted by atomic mass is 10.1. The van der Waals surface area contributed by atoms with Gasteiger partial charge in [-0.15, -0.1) is 0 Å². The van der Waals surface area contributed by atoms with E-state index in [1.165, 1.54) is 0 Å². The highest BCUT2D eigenvalue weighted by atomic mass is 16.5. The summed E-state index contributed by atoms with van der Waals surface area (Å²) in [6.45, 7) is 2.12. The molecule has 0 spiro atoms. The van der Waals surface area contributed by atoms with E-state index in [9.17, 15) is 5.11 Å². The van der Waals surface area contributed by atoms with E-state index in [1.54, 1.807) is 0 Å². The second-order valence-electron chi connectivity index (χ2n) is 4.57. The Morgan fingerprint density at radius 1 is 1.33 bits per heavy atom. The van der Waals surface area contributed by atoms with Gasteiger partial charge in [-0.2, -0.15) is 0 Å². The molecule has 1 atom stereocenters. The maximum Gasteiger partial charge on any atom is 0.119 e. The smallest absolute Gasteiger partial charge is 0.119 e. The molecule has 0 saturated carbocycles. The molecular weight excluding hydrogens is 230 g/mol. The van der Waals surface area contributed by atoms with Crippen LogP contribution in [0.3, 0.4) is 0 Å². The number of aliphatic hydroxyl groups excluding tert-OH is 1. The monoisotopic (exact) mass is 251 g/mol. The fourth-order valence-electron chi connectivity index (χ4n) is 2.07. The van der Waals surface area contributed by atoms with Crippen molar-refractivity contribution in [1.29, 1.82) is 0 Å². The normalized spacial score (nSPS) is 18.6. The minimum atomic E-state index is -0.466. The van der Waals surface area contributed by atoms with Crippen molar-refractivity contribution in [2.75, 3.05) is 26.8 Å². The van der Waals surface area contributed by atoms with Crippen LogP contribution in [0.1, 0.15) is 24.5 Å². The van der Waals surface area contributed by atoms with Crippen LogP contribution < -0.4 is 10.1 Å². The van der Waals surface area contributed by atoms with Gasteiger partial charge in [0.1, 0.15) is 11.9 Å². The van der Waals surface area contributed by atoms with Gasteiger partial charge in [0.15, 0.2) is 0 Å². The van der Waals surface area contributed by atoms with E-state index in [-0.39, 0.29) is 6.10 Å². The Bertz CT molecular complexity index is 347. The molecule has 1 aliphatic rings. The first-order valence-corrected chi connectivity index (χ1v) is 6.46. The molecule has 1 aliphatic heterocycles. The van der Waals surface area contributed by atoms with Crippen molar-refractivity contribution in [2.24, 2.45) is 0 Å². The summed E-state index contributed by atoms with van der Waals surface area (Å²) in [6, 6.07) is 7.67. The zero-order chi connectivity index (χ0) is 12.8. The van der Waals surface area contributed by atoms with E-state index in [4.69, 9.17) is 9.47 Å². The molecule has 100 valence electrons. The van der Waals surface area contributed by atoms with Gasteiger partial charge in [-0.1, -0.05) is 12.1 Å². The van der Waals surface area contributed by atoms with Gasteiger partial charge in [0.2, 0.25) is 0 Å². The Balaban J connectivity index is 1.90. The number of nitrogens with one attached hydrogen (secondary N) is 1. The van der Waals surface area contributed by atoms with Crippen molar-refractivity contribution >= 4 is 0 Å². The van der Waals surface area contributed by atoms with Crippen molar-refractivity contribution in [3.05, 3.63) is 29.8 Å². The molecule has 0 aromatic heterocycles. The van der Waals surface area contributed by atoms with Crippen LogP contribution >= 0.6 is 0 Å². The van der Waals surface area contributed by atoms with Gasteiger partial charge < -0.3 is 19.9 Å². The molecule has 2 N–H and O–H groups in total. The third-order valence-corrected chi connectivity index (χ3v) is 3.13. The van der Waals surface area contributed by atoms with Crippen LogP contribution in [-0.4, -0.2) is 38.0 Å². The van der Waals surface area contributed by atoms with Crippen LogP contribution in [-0.2, 0) is 4.74 Å². The molecule has 1 unspecified atom stereocenters. The van der Waals surface area contributed by atoms with Crippen LogP contribution in [0.15, 0.2) is 24.3 Å². The Morgan fingerprint density at radius 2 is 2.00 bits per heavy atom. The second kappa shape index (κ2) is 6.73. The van der Waals surface area contributed by atoms with Crippen LogP contribution in [0.5, 0.6) is 5.75 Å². The molecule has 4 nitrogen and oxygen atoms in total. The molecular formula is C14H21NO3. The molecule has 4 heteroatoms. The summed E-state index contributed by atoms with van der Waals surface area (Å²) >= 11 is 0. The second-order valence-corrected chi connectivity index (χ2v) is 4.57. The summed E-state index contributed by atoms with van der Waals surface area (Å²) in [4.78, 5) is 0. The highest BCUT2D eigenvalue weighted by Crippen LogP contribution is 2.21. The van der Waals surface area contributed by atoms with Crippen molar-refractivity contribution < 1.29 is 14.6 Å². The van der Waals surface area contributed by atoms with E-state index in [0.717, 1.165) is 37.4 Å². The third-order valence-electron chi connectivity index (χ3n) is 3.13. The Labute approximate surface area is 108 Å². The summed E-state index contributed by atoms with van der Waals surface area (Å²) in [7, 11) is 1.83. The predicted octanol–water partition coefficient (Wildman–Crippen LogP) is 1.50. The Hall–Kier alpha value is -1.10. The van der Waals surface area contributed by atoms with Gasteiger partial charge in [0, 0.05) is 19.4 Å². The van der Waals surface area contributed by atoms with E-state index in [1.807, 2.05) is 31.3 Å². The quantitative estimate of drug-likeness (QED) is 0.832. The van der Waals surface area contributed by atoms with Crippen LogP contribution in [0.2, 0.25) is 0 Å². The van der Waals surface area contributed by atoms with E-state index >= 15 is 0 Å². The fraction of sp³-hybridized carbons (Fsp3) is 0.571. The molecule has 0 aliphatic carbocycles. The summed E-state index contributed by atoms with van der Waals surface area (Å²) in [5.41, 5.74) is 0.906. The van der Waals surface area contributed by atoms with Crippen LogP contribution in [0, 0.1) is 0 Å². The number of ether oxygens (including phenoxy) is 2. The Morgan fingerprint density at radius 3 is 2.61 bits per heavy atom. The topological polar surface area (TPSA) is 50.7 Å². The van der Waals surface area contributed by atoms with Crippen LogP contribution in [0.4, 0.5) is 0 Å². The molecule has 1 aromatic carbocycles. The molecule has 0 bridgehead atoms. The molecule has 1 saturated heterocycles. The highest BCUT2D eigenvalue weighted by Gasteiger charge is 2.15. The first-order chi connectivity index (χ1) is 8.79. The van der Waals surface area contributed by atoms with Gasteiger partial charge in [0.25, 0.3) is 0 Å². The predicted molar refractivity (Wildman–Crippen MR) is 69.8 cm³/mol. The zero-order valence-electron chi connectivity index (χ0n) is 10.8. The highest BCUT2D eigenvalue weighted by molar-refractivity contribution is 5.28. The molecule has 0 radical (unpaired) electrons. The minimum absolute atomic E-state index is 0.256. The van der Waals surface area contributed by atoms with Crippen molar-refractivity contribution in [2.45, 2.75) is 25.0 Å². The van der Waals surface area contributed by atoms with E-state index in [2.05, 4.69) is 5.32 Å². The average molecular weight is 251 g/mol. The standard InChI is InChI=1S/C14H21NO3/c1-15-10-14(16)11-2-4-12(5-3-11)18-13-6-8-17-9-7-13/h2-5,13-16H,6-10H2,1H3. The van der Waals surface area contributed by atoms with Gasteiger partial charge in [-0.05, 0) is 24.7 Å². The summed E-state index contributed by atoms with van der Waals surface area (Å²) in [6.07, 6.45) is 1.69. The zero-order valence-corrected chi connectivity index (χ0v) is 10.8. The Kier molecular flexibility index (Phi) is 4.99. The largest absolute Gasteiger partial charge is 0.490 e. The molecule has 18 heavy (non-hydrogen) atoms. The third kappa shape index (κ3) is 3.70. The first-order valence-electron chi connectivity index (χ1n) is 6.46.